The van der Waals surface area contributed by atoms with Crippen molar-refractivity contribution in [2.24, 2.45) is 5.92 Å². The molecule has 3 aliphatic rings. The molecule has 4 heterocycles. The highest BCUT2D eigenvalue weighted by molar-refractivity contribution is 5.99. The smallest absolute Gasteiger partial charge is 0.253 e. The minimum Gasteiger partial charge on any atom is -0.337 e. The average Bonchev–Trinajstić information content (AvgIpc) is 3.00. The van der Waals surface area contributed by atoms with Crippen molar-refractivity contribution in [1.29, 1.82) is 0 Å². The van der Waals surface area contributed by atoms with Crippen molar-refractivity contribution in [3.8, 4) is 0 Å². The van der Waals surface area contributed by atoms with Crippen LogP contribution in [0.25, 0.3) is 0 Å². The van der Waals surface area contributed by atoms with Gasteiger partial charge in [0.15, 0.2) is 5.78 Å². The van der Waals surface area contributed by atoms with Crippen LogP contribution in [-0.2, 0) is 6.54 Å². The van der Waals surface area contributed by atoms with Crippen LogP contribution in [0.1, 0.15) is 46.2 Å². The lowest BCUT2D eigenvalue weighted by Gasteiger charge is -2.35. The number of rotatable bonds is 4. The zero-order valence-electron chi connectivity index (χ0n) is 15.7. The molecule has 140 valence electrons. The summed E-state index contributed by atoms with van der Waals surface area (Å²) in [5, 5.41) is 0. The van der Waals surface area contributed by atoms with Crippen molar-refractivity contribution in [3.05, 3.63) is 65.5 Å². The lowest BCUT2D eigenvalue weighted by Crippen LogP contribution is -2.44. The number of pyridine rings is 1. The Morgan fingerprint density at radius 3 is 2.67 bits per heavy atom. The van der Waals surface area contributed by atoms with Gasteiger partial charge in [-0.15, -0.1) is 0 Å². The van der Waals surface area contributed by atoms with Crippen LogP contribution in [0.2, 0.25) is 0 Å². The van der Waals surface area contributed by atoms with Gasteiger partial charge in [0.1, 0.15) is 0 Å². The minimum atomic E-state index is -0.0119. The molecule has 1 amide bonds. The Hall–Kier alpha value is -2.53. The molecule has 0 N–H and O–H groups in total. The molecule has 2 atom stereocenters. The highest BCUT2D eigenvalue weighted by Gasteiger charge is 2.36. The molecule has 5 nitrogen and oxygen atoms in total. The third-order valence-electron chi connectivity index (χ3n) is 5.72. The third-order valence-corrected chi connectivity index (χ3v) is 5.72. The molecule has 3 saturated heterocycles. The summed E-state index contributed by atoms with van der Waals surface area (Å²) in [5.74, 6) is 0.518. The van der Waals surface area contributed by atoms with E-state index in [0.29, 0.717) is 23.1 Å². The SMILES string of the molecule is CC(=O)c1cccc(C(=O)N2C[C@@H]3CC[C@H](C2)N(Cc2ccccn2)C3)c1. The second-order valence-electron chi connectivity index (χ2n) is 7.69. The zero-order valence-corrected chi connectivity index (χ0v) is 15.7. The summed E-state index contributed by atoms with van der Waals surface area (Å²) in [6.07, 6.45) is 4.12. The van der Waals surface area contributed by atoms with E-state index in [1.54, 1.807) is 18.2 Å². The number of carbonyl (C=O) groups excluding carboxylic acids is 2. The van der Waals surface area contributed by atoms with E-state index in [0.717, 1.165) is 38.3 Å². The van der Waals surface area contributed by atoms with E-state index in [1.807, 2.05) is 29.3 Å². The van der Waals surface area contributed by atoms with Gasteiger partial charge in [0.25, 0.3) is 5.91 Å². The van der Waals surface area contributed by atoms with Crippen LogP contribution >= 0.6 is 0 Å². The lowest BCUT2D eigenvalue weighted by molar-refractivity contribution is 0.0735. The van der Waals surface area contributed by atoms with Crippen molar-refractivity contribution in [1.82, 2.24) is 14.8 Å². The second kappa shape index (κ2) is 7.61. The molecular formula is C22H25N3O2. The monoisotopic (exact) mass is 363 g/mol. The number of benzene rings is 1. The first-order valence-corrected chi connectivity index (χ1v) is 9.64. The summed E-state index contributed by atoms with van der Waals surface area (Å²) in [5.41, 5.74) is 2.28. The van der Waals surface area contributed by atoms with Crippen LogP contribution in [0.4, 0.5) is 0 Å². The van der Waals surface area contributed by atoms with Crippen LogP contribution < -0.4 is 0 Å². The zero-order chi connectivity index (χ0) is 18.8. The number of hydrogen-bond donors (Lipinski definition) is 0. The van der Waals surface area contributed by atoms with Gasteiger partial charge in [-0.25, -0.2) is 0 Å². The van der Waals surface area contributed by atoms with Crippen LogP contribution in [0.5, 0.6) is 0 Å². The standard InChI is InChI=1S/C22H25N3O2/c1-16(26)18-5-4-6-19(11-18)22(27)25-13-17-8-9-21(15-25)24(12-17)14-20-7-2-3-10-23-20/h2-7,10-11,17,21H,8-9,12-15H2,1H3/t17-,21-/m1/s1. The van der Waals surface area contributed by atoms with Crippen molar-refractivity contribution >= 4 is 11.7 Å². The number of carbonyl (C=O) groups is 2. The molecule has 0 spiro atoms. The number of aromatic nitrogens is 1. The molecule has 2 aromatic rings. The van der Waals surface area contributed by atoms with Gasteiger partial charge in [0, 0.05) is 49.5 Å². The van der Waals surface area contributed by atoms with Crippen LogP contribution in [0.3, 0.4) is 0 Å². The number of hydrogen-bond acceptors (Lipinski definition) is 4. The maximum Gasteiger partial charge on any atom is 0.253 e. The Balaban J connectivity index is 1.50. The summed E-state index contributed by atoms with van der Waals surface area (Å²) in [7, 11) is 0. The molecule has 3 fully saturated rings. The number of amides is 1. The summed E-state index contributed by atoms with van der Waals surface area (Å²) >= 11 is 0. The first kappa shape index (κ1) is 17.9. The Morgan fingerprint density at radius 2 is 1.89 bits per heavy atom. The molecule has 2 bridgehead atoms. The number of Topliss-reactive ketones (excluding diaryl/α,β-unsaturated/α-hetero) is 1. The fraction of sp³-hybridized carbons (Fsp3) is 0.409. The lowest BCUT2D eigenvalue weighted by atomic mass is 9.95. The van der Waals surface area contributed by atoms with E-state index < -0.39 is 0 Å². The maximum atomic E-state index is 13.1. The first-order chi connectivity index (χ1) is 13.1. The van der Waals surface area contributed by atoms with Gasteiger partial charge < -0.3 is 4.90 Å². The topological polar surface area (TPSA) is 53.5 Å². The predicted molar refractivity (Wildman–Crippen MR) is 104 cm³/mol. The second-order valence-corrected chi connectivity index (χ2v) is 7.69. The van der Waals surface area contributed by atoms with Crippen molar-refractivity contribution in [2.45, 2.75) is 32.4 Å². The number of nitrogens with zero attached hydrogens (tertiary/aromatic N) is 3. The molecule has 1 aromatic heterocycles. The maximum absolute atomic E-state index is 13.1. The Bertz CT molecular complexity index is 836. The summed E-state index contributed by atoms with van der Waals surface area (Å²) in [4.78, 5) is 33.7. The van der Waals surface area contributed by atoms with E-state index in [4.69, 9.17) is 0 Å². The largest absolute Gasteiger partial charge is 0.337 e. The van der Waals surface area contributed by atoms with Crippen LogP contribution in [0.15, 0.2) is 48.7 Å². The molecule has 3 aliphatic heterocycles. The minimum absolute atomic E-state index is 0.0119. The van der Waals surface area contributed by atoms with Gasteiger partial charge in [-0.1, -0.05) is 18.2 Å². The van der Waals surface area contributed by atoms with E-state index in [-0.39, 0.29) is 11.7 Å². The number of fused-ring (bicyclic) bond motifs is 4. The van der Waals surface area contributed by atoms with Gasteiger partial charge in [-0.3, -0.25) is 19.5 Å². The molecule has 1 aromatic carbocycles. The third kappa shape index (κ3) is 3.93. The Labute approximate surface area is 160 Å². The van der Waals surface area contributed by atoms with Gasteiger partial charge in [0.05, 0.1) is 5.69 Å². The normalized spacial score (nSPS) is 22.5. The van der Waals surface area contributed by atoms with E-state index >= 15 is 0 Å². The van der Waals surface area contributed by atoms with Gasteiger partial charge in [-0.05, 0) is 49.9 Å². The summed E-state index contributed by atoms with van der Waals surface area (Å²) in [6.45, 7) is 4.92. The van der Waals surface area contributed by atoms with Crippen LogP contribution in [0, 0.1) is 5.92 Å². The Kier molecular flexibility index (Phi) is 5.03. The Morgan fingerprint density at radius 1 is 1.04 bits per heavy atom. The van der Waals surface area contributed by atoms with Gasteiger partial charge >= 0.3 is 0 Å². The first-order valence-electron chi connectivity index (χ1n) is 9.64. The quantitative estimate of drug-likeness (QED) is 0.784. The molecule has 27 heavy (non-hydrogen) atoms. The van der Waals surface area contributed by atoms with Gasteiger partial charge in [-0.2, -0.15) is 0 Å². The molecule has 0 radical (unpaired) electrons. The number of piperidine rings is 1. The van der Waals surface area contributed by atoms with Gasteiger partial charge in [0.2, 0.25) is 0 Å². The molecule has 5 rings (SSSR count). The van der Waals surface area contributed by atoms with Crippen LogP contribution in [-0.4, -0.2) is 52.2 Å². The highest BCUT2D eigenvalue weighted by atomic mass is 16.2. The molecule has 0 unspecified atom stereocenters. The molecular weight excluding hydrogens is 338 g/mol. The summed E-state index contributed by atoms with van der Waals surface area (Å²) < 4.78 is 0. The van der Waals surface area contributed by atoms with Crippen molar-refractivity contribution in [2.75, 3.05) is 19.6 Å². The number of ketones is 1. The molecule has 0 saturated carbocycles. The molecule has 0 aliphatic carbocycles. The highest BCUT2D eigenvalue weighted by Crippen LogP contribution is 2.29. The molecule has 5 heteroatoms. The average molecular weight is 363 g/mol. The van der Waals surface area contributed by atoms with E-state index in [2.05, 4.69) is 16.0 Å². The van der Waals surface area contributed by atoms with E-state index in [1.165, 1.54) is 13.3 Å². The van der Waals surface area contributed by atoms with Crippen molar-refractivity contribution in [3.63, 3.8) is 0 Å². The van der Waals surface area contributed by atoms with Crippen molar-refractivity contribution < 1.29 is 9.59 Å². The fourth-order valence-corrected chi connectivity index (χ4v) is 4.29. The summed E-state index contributed by atoms with van der Waals surface area (Å²) in [6, 6.07) is 13.5. The fourth-order valence-electron chi connectivity index (χ4n) is 4.29. The predicted octanol–water partition coefficient (Wildman–Crippen LogP) is 3.02. The van der Waals surface area contributed by atoms with E-state index in [9.17, 15) is 9.59 Å².